The van der Waals surface area contributed by atoms with E-state index in [4.69, 9.17) is 18.2 Å². The lowest BCUT2D eigenvalue weighted by molar-refractivity contribution is 0.418. The lowest BCUT2D eigenvalue weighted by Gasteiger charge is -2.34. The summed E-state index contributed by atoms with van der Waals surface area (Å²) in [5, 5.41) is 0.886. The number of benzene rings is 3. The van der Waals surface area contributed by atoms with Gasteiger partial charge >= 0.3 is 0 Å². The van der Waals surface area contributed by atoms with Gasteiger partial charge in [-0.2, -0.15) is 0 Å². The monoisotopic (exact) mass is 482 g/mol. The van der Waals surface area contributed by atoms with Crippen LogP contribution in [0.25, 0.3) is 5.57 Å². The lowest BCUT2D eigenvalue weighted by atomic mass is 9.71. The molecule has 182 valence electrons. The molecule has 4 unspecified atom stereocenters. The predicted octanol–water partition coefficient (Wildman–Crippen LogP) is 9.64. The number of fused-ring (bicyclic) bond motifs is 1. The van der Waals surface area contributed by atoms with Gasteiger partial charge in [-0.05, 0) is 95.2 Å². The second-order valence-electron chi connectivity index (χ2n) is 10.6. The first-order valence-corrected chi connectivity index (χ1v) is 13.4. The van der Waals surface area contributed by atoms with E-state index in [1.807, 2.05) is 0 Å². The molecular weight excluding hydrogens is 444 g/mol. The van der Waals surface area contributed by atoms with Crippen LogP contribution in [0.15, 0.2) is 85.5 Å². The minimum atomic E-state index is 0.279. The highest BCUT2D eigenvalue weighted by molar-refractivity contribution is 6.32. The van der Waals surface area contributed by atoms with Gasteiger partial charge in [-0.3, -0.25) is 0 Å². The van der Waals surface area contributed by atoms with Crippen LogP contribution in [0, 0.1) is 24.7 Å². The molecule has 4 atom stereocenters. The summed E-state index contributed by atoms with van der Waals surface area (Å²) in [5.74, 6) is 1.15. The molecule has 1 aliphatic rings. The Morgan fingerprint density at radius 1 is 0.857 bits per heavy atom. The van der Waals surface area contributed by atoms with Gasteiger partial charge in [0.05, 0.1) is 0 Å². The quantitative estimate of drug-likeness (QED) is 0.266. The van der Waals surface area contributed by atoms with Gasteiger partial charge in [0.2, 0.25) is 0 Å². The molecule has 3 aromatic rings. The normalized spacial score (nSPS) is 16.3. The molecule has 4 rings (SSSR count). The first-order valence-electron chi connectivity index (χ1n) is 13.1. The van der Waals surface area contributed by atoms with Gasteiger partial charge in [0.1, 0.15) is 0 Å². The van der Waals surface area contributed by atoms with Crippen molar-refractivity contribution in [2.24, 2.45) is 17.8 Å². The van der Waals surface area contributed by atoms with Crippen molar-refractivity contribution in [1.29, 1.82) is 0 Å². The maximum Gasteiger partial charge on any atom is 0.0470 e. The van der Waals surface area contributed by atoms with Crippen LogP contribution in [0.3, 0.4) is 0 Å². The maximum atomic E-state index is 6.75. The van der Waals surface area contributed by atoms with E-state index in [0.717, 1.165) is 17.0 Å². The SMILES string of the molecule is C=C(c1ccccc1)C(C)C(Cc1ccc2c(c1)CCC2)C(=C)C(C)C(C)c1cccc(C)c1Cl. The average molecular weight is 483 g/mol. The van der Waals surface area contributed by atoms with E-state index >= 15 is 0 Å². The van der Waals surface area contributed by atoms with Gasteiger partial charge in [0, 0.05) is 5.02 Å². The van der Waals surface area contributed by atoms with Crippen molar-refractivity contribution in [2.45, 2.75) is 59.3 Å². The zero-order chi connectivity index (χ0) is 25.1. The van der Waals surface area contributed by atoms with E-state index in [-0.39, 0.29) is 11.8 Å². The summed E-state index contributed by atoms with van der Waals surface area (Å²) in [5.41, 5.74) is 10.5. The molecule has 0 amide bonds. The van der Waals surface area contributed by atoms with Gasteiger partial charge in [0.25, 0.3) is 0 Å². The second kappa shape index (κ2) is 11.0. The molecule has 0 saturated heterocycles. The first kappa shape index (κ1) is 25.5. The maximum absolute atomic E-state index is 6.75. The van der Waals surface area contributed by atoms with E-state index in [9.17, 15) is 0 Å². The van der Waals surface area contributed by atoms with Crippen LogP contribution < -0.4 is 0 Å². The largest absolute Gasteiger partial charge is 0.0993 e. The summed E-state index contributed by atoms with van der Waals surface area (Å²) in [6.07, 6.45) is 4.69. The van der Waals surface area contributed by atoms with Crippen LogP contribution in [0.5, 0.6) is 0 Å². The Balaban J connectivity index is 1.65. The fraction of sp³-hybridized carbons (Fsp3) is 0.353. The standard InChI is InChI=1S/C34H39Cl/c1-22-12-10-17-32(34(22)35)25(4)23(2)26(5)33(27(6)24(3)29-13-8-7-9-14-29)21-28-18-19-30-15-11-16-31(30)20-28/h7-10,12-14,17-20,23,25,27,33H,3,5,11,15-16,21H2,1-2,4,6H3. The molecule has 0 bridgehead atoms. The number of aryl methyl sites for hydroxylation is 3. The Labute approximate surface area is 217 Å². The Hall–Kier alpha value is -2.57. The highest BCUT2D eigenvalue weighted by atomic mass is 35.5. The van der Waals surface area contributed by atoms with E-state index in [0.29, 0.717) is 11.8 Å². The van der Waals surface area contributed by atoms with Crippen molar-refractivity contribution in [1.82, 2.24) is 0 Å². The first-order chi connectivity index (χ1) is 16.8. The molecule has 0 heterocycles. The third-order valence-corrected chi connectivity index (χ3v) is 8.96. The summed E-state index contributed by atoms with van der Waals surface area (Å²) >= 11 is 6.75. The summed E-state index contributed by atoms with van der Waals surface area (Å²) in [4.78, 5) is 0. The molecule has 1 aliphatic carbocycles. The lowest BCUT2D eigenvalue weighted by Crippen LogP contribution is -2.24. The van der Waals surface area contributed by atoms with Crippen molar-refractivity contribution in [2.75, 3.05) is 0 Å². The second-order valence-corrected chi connectivity index (χ2v) is 11.0. The number of allylic oxidation sites excluding steroid dienone is 2. The molecule has 0 aliphatic heterocycles. The minimum Gasteiger partial charge on any atom is -0.0993 e. The van der Waals surface area contributed by atoms with Crippen molar-refractivity contribution in [3.63, 3.8) is 0 Å². The summed E-state index contributed by atoms with van der Waals surface area (Å²) in [7, 11) is 0. The van der Waals surface area contributed by atoms with Crippen molar-refractivity contribution >= 4 is 17.2 Å². The number of halogens is 1. The predicted molar refractivity (Wildman–Crippen MR) is 153 cm³/mol. The molecule has 0 fully saturated rings. The van der Waals surface area contributed by atoms with Crippen LogP contribution in [-0.2, 0) is 19.3 Å². The Morgan fingerprint density at radius 2 is 1.57 bits per heavy atom. The fourth-order valence-corrected chi connectivity index (χ4v) is 6.04. The average Bonchev–Trinajstić information content (AvgIpc) is 3.35. The summed E-state index contributed by atoms with van der Waals surface area (Å²) in [6, 6.07) is 24.1. The Kier molecular flexibility index (Phi) is 8.02. The Morgan fingerprint density at radius 3 is 2.31 bits per heavy atom. The van der Waals surface area contributed by atoms with Crippen LogP contribution >= 0.6 is 11.6 Å². The third kappa shape index (κ3) is 5.49. The topological polar surface area (TPSA) is 0 Å². The zero-order valence-corrected chi connectivity index (χ0v) is 22.5. The zero-order valence-electron chi connectivity index (χ0n) is 21.8. The van der Waals surface area contributed by atoms with Crippen molar-refractivity contribution < 1.29 is 0 Å². The smallest absolute Gasteiger partial charge is 0.0470 e. The minimum absolute atomic E-state index is 0.279. The molecule has 3 aromatic carbocycles. The van der Waals surface area contributed by atoms with E-state index in [1.54, 1.807) is 0 Å². The summed E-state index contributed by atoms with van der Waals surface area (Å²) < 4.78 is 0. The van der Waals surface area contributed by atoms with Gasteiger partial charge in [0.15, 0.2) is 0 Å². The third-order valence-electron chi connectivity index (χ3n) is 8.44. The van der Waals surface area contributed by atoms with Crippen LogP contribution in [-0.4, -0.2) is 0 Å². The summed E-state index contributed by atoms with van der Waals surface area (Å²) in [6.45, 7) is 18.3. The van der Waals surface area contributed by atoms with E-state index < -0.39 is 0 Å². The molecular formula is C34H39Cl. The molecule has 0 N–H and O–H groups in total. The molecule has 35 heavy (non-hydrogen) atoms. The van der Waals surface area contributed by atoms with Crippen molar-refractivity contribution in [3.05, 3.63) is 124 Å². The number of rotatable bonds is 9. The van der Waals surface area contributed by atoms with Crippen molar-refractivity contribution in [3.8, 4) is 0 Å². The van der Waals surface area contributed by atoms with Crippen LogP contribution in [0.4, 0.5) is 0 Å². The number of hydrogen-bond acceptors (Lipinski definition) is 0. The molecule has 0 spiro atoms. The Bertz CT molecular complexity index is 1200. The molecule has 1 heteroatoms. The van der Waals surface area contributed by atoms with Crippen LogP contribution in [0.2, 0.25) is 5.02 Å². The van der Waals surface area contributed by atoms with Gasteiger partial charge in [-0.25, -0.2) is 0 Å². The van der Waals surface area contributed by atoms with E-state index in [1.165, 1.54) is 58.2 Å². The fourth-order valence-electron chi connectivity index (χ4n) is 5.74. The molecule has 0 nitrogen and oxygen atoms in total. The van der Waals surface area contributed by atoms with Gasteiger partial charge < -0.3 is 0 Å². The van der Waals surface area contributed by atoms with Gasteiger partial charge in [-0.1, -0.05) is 118 Å². The highest BCUT2D eigenvalue weighted by Crippen LogP contribution is 2.42. The molecule has 0 saturated carbocycles. The number of hydrogen-bond donors (Lipinski definition) is 0. The van der Waals surface area contributed by atoms with Gasteiger partial charge in [-0.15, -0.1) is 0 Å². The highest BCUT2D eigenvalue weighted by Gasteiger charge is 2.30. The molecule has 0 aromatic heterocycles. The molecule has 0 radical (unpaired) electrons. The van der Waals surface area contributed by atoms with E-state index in [2.05, 4.69) is 101 Å². The van der Waals surface area contributed by atoms with Crippen LogP contribution in [0.1, 0.15) is 66.5 Å².